The first-order chi connectivity index (χ1) is 8.68. The Morgan fingerprint density at radius 3 is 2.17 bits per heavy atom. The van der Waals surface area contributed by atoms with Gasteiger partial charge in [0, 0.05) is 17.0 Å². The molecule has 0 aliphatic heterocycles. The van der Waals surface area contributed by atoms with E-state index >= 15 is 0 Å². The fourth-order valence-electron chi connectivity index (χ4n) is 1.98. The molecule has 0 spiro atoms. The number of rotatable bonds is 3. The molecule has 0 saturated carbocycles. The number of hydrogen-bond donors (Lipinski definition) is 1. The Labute approximate surface area is 108 Å². The number of nitrogens with two attached hydrogens (primary N) is 1. The fraction of sp³-hybridized carbons (Fsp3) is 0.188. The molecule has 1 unspecified atom stereocenters. The first kappa shape index (κ1) is 12.4. The number of anilines is 1. The van der Waals surface area contributed by atoms with Crippen LogP contribution in [0.25, 0.3) is 0 Å². The summed E-state index contributed by atoms with van der Waals surface area (Å²) < 4.78 is 0. The van der Waals surface area contributed by atoms with Gasteiger partial charge in [-0.1, -0.05) is 48.5 Å². The van der Waals surface area contributed by atoms with E-state index in [0.29, 0.717) is 0 Å². The Morgan fingerprint density at radius 2 is 1.56 bits per heavy atom. The lowest BCUT2D eigenvalue weighted by atomic mass is 9.97. The molecule has 2 rings (SSSR count). The molecule has 0 aliphatic carbocycles. The summed E-state index contributed by atoms with van der Waals surface area (Å²) in [4.78, 5) is 4.71. The average Bonchev–Trinajstić information content (AvgIpc) is 2.38. The number of aliphatic imine (C=N–C) groups is 1. The molecular weight excluding hydrogens is 220 g/mol. The topological polar surface area (TPSA) is 38.4 Å². The van der Waals surface area contributed by atoms with Gasteiger partial charge in [0.25, 0.3) is 0 Å². The molecule has 0 amide bonds. The molecule has 0 aliphatic rings. The normalized spacial score (nSPS) is 11.9. The van der Waals surface area contributed by atoms with Crippen LogP contribution in [0.1, 0.15) is 31.0 Å². The summed E-state index contributed by atoms with van der Waals surface area (Å²) in [5.74, 6) is 0. The van der Waals surface area contributed by atoms with Crippen molar-refractivity contribution in [1.29, 1.82) is 0 Å². The maximum atomic E-state index is 6.07. The van der Waals surface area contributed by atoms with Crippen LogP contribution in [0.4, 0.5) is 5.69 Å². The van der Waals surface area contributed by atoms with Crippen molar-refractivity contribution in [1.82, 2.24) is 0 Å². The van der Waals surface area contributed by atoms with E-state index in [0.717, 1.165) is 22.5 Å². The smallest absolute Gasteiger partial charge is 0.102 e. The highest BCUT2D eigenvalue weighted by molar-refractivity contribution is 5.79. The summed E-state index contributed by atoms with van der Waals surface area (Å²) in [5.41, 5.74) is 10.1. The van der Waals surface area contributed by atoms with E-state index in [-0.39, 0.29) is 6.04 Å². The molecule has 0 radical (unpaired) electrons. The van der Waals surface area contributed by atoms with Crippen LogP contribution in [0.3, 0.4) is 0 Å². The third kappa shape index (κ3) is 2.77. The molecule has 0 fully saturated rings. The van der Waals surface area contributed by atoms with Crippen molar-refractivity contribution >= 4 is 11.4 Å². The van der Waals surface area contributed by atoms with Crippen LogP contribution < -0.4 is 5.73 Å². The summed E-state index contributed by atoms with van der Waals surface area (Å²) in [6.07, 6.45) is 0. The number of para-hydroxylation sites is 1. The van der Waals surface area contributed by atoms with E-state index in [2.05, 4.69) is 12.1 Å². The molecule has 0 heterocycles. The van der Waals surface area contributed by atoms with Crippen molar-refractivity contribution in [2.75, 3.05) is 5.73 Å². The van der Waals surface area contributed by atoms with E-state index < -0.39 is 0 Å². The molecule has 18 heavy (non-hydrogen) atoms. The van der Waals surface area contributed by atoms with Gasteiger partial charge >= 0.3 is 0 Å². The molecule has 0 aromatic heterocycles. The van der Waals surface area contributed by atoms with Crippen LogP contribution >= 0.6 is 0 Å². The maximum absolute atomic E-state index is 6.07. The number of nitrogen functional groups attached to an aromatic ring is 1. The van der Waals surface area contributed by atoms with Gasteiger partial charge in [0.15, 0.2) is 0 Å². The molecular formula is C16H18N2. The largest absolute Gasteiger partial charge is 0.398 e. The number of benzene rings is 2. The van der Waals surface area contributed by atoms with Gasteiger partial charge in [-0.25, -0.2) is 0 Å². The van der Waals surface area contributed by atoms with E-state index in [4.69, 9.17) is 10.7 Å². The van der Waals surface area contributed by atoms with Gasteiger partial charge in [0.1, 0.15) is 6.04 Å². The summed E-state index contributed by atoms with van der Waals surface area (Å²) in [5, 5.41) is 0. The summed E-state index contributed by atoms with van der Waals surface area (Å²) in [6, 6.07) is 18.1. The van der Waals surface area contributed by atoms with Crippen LogP contribution in [0, 0.1) is 0 Å². The van der Waals surface area contributed by atoms with Crippen LogP contribution in [0.5, 0.6) is 0 Å². The molecule has 2 aromatic rings. The van der Waals surface area contributed by atoms with Crippen molar-refractivity contribution in [3.05, 3.63) is 65.7 Å². The number of nitrogens with zero attached hydrogens (tertiary/aromatic N) is 1. The van der Waals surface area contributed by atoms with Crippen molar-refractivity contribution in [3.63, 3.8) is 0 Å². The number of hydrogen-bond acceptors (Lipinski definition) is 2. The zero-order chi connectivity index (χ0) is 13.0. The maximum Gasteiger partial charge on any atom is 0.102 e. The highest BCUT2D eigenvalue weighted by Crippen LogP contribution is 2.30. The molecule has 1 atom stereocenters. The highest BCUT2D eigenvalue weighted by Gasteiger charge is 2.14. The SMILES string of the molecule is CC(C)=NC(c1ccccc1)c1ccccc1N. The minimum atomic E-state index is -0.0163. The van der Waals surface area contributed by atoms with E-state index in [9.17, 15) is 0 Å². The summed E-state index contributed by atoms with van der Waals surface area (Å²) >= 11 is 0. The van der Waals surface area contributed by atoms with E-state index in [1.165, 1.54) is 0 Å². The molecule has 0 saturated heterocycles. The zero-order valence-corrected chi connectivity index (χ0v) is 10.8. The fourth-order valence-corrected chi connectivity index (χ4v) is 1.98. The molecule has 92 valence electrons. The monoisotopic (exact) mass is 238 g/mol. The highest BCUT2D eigenvalue weighted by atomic mass is 14.8. The Morgan fingerprint density at radius 1 is 0.944 bits per heavy atom. The zero-order valence-electron chi connectivity index (χ0n) is 10.8. The third-order valence-electron chi connectivity index (χ3n) is 2.79. The standard InChI is InChI=1S/C16H18N2/c1-12(2)18-16(13-8-4-3-5-9-13)14-10-6-7-11-15(14)17/h3-11,16H,17H2,1-2H3. The van der Waals surface area contributed by atoms with Crippen LogP contribution in [-0.2, 0) is 0 Å². The summed E-state index contributed by atoms with van der Waals surface area (Å²) in [6.45, 7) is 4.02. The second-order valence-electron chi connectivity index (χ2n) is 4.52. The Kier molecular flexibility index (Phi) is 3.78. The Balaban J connectivity index is 2.51. The first-order valence-corrected chi connectivity index (χ1v) is 6.09. The molecule has 2 N–H and O–H groups in total. The quantitative estimate of drug-likeness (QED) is 0.640. The first-order valence-electron chi connectivity index (χ1n) is 6.09. The van der Waals surface area contributed by atoms with Crippen molar-refractivity contribution < 1.29 is 0 Å². The second-order valence-corrected chi connectivity index (χ2v) is 4.52. The summed E-state index contributed by atoms with van der Waals surface area (Å²) in [7, 11) is 0. The third-order valence-corrected chi connectivity index (χ3v) is 2.79. The van der Waals surface area contributed by atoms with Gasteiger partial charge in [-0.15, -0.1) is 0 Å². The predicted molar refractivity (Wildman–Crippen MR) is 77.9 cm³/mol. The minimum absolute atomic E-state index is 0.0163. The Bertz CT molecular complexity index is 540. The average molecular weight is 238 g/mol. The van der Waals surface area contributed by atoms with E-state index in [1.807, 2.05) is 56.3 Å². The van der Waals surface area contributed by atoms with Gasteiger partial charge < -0.3 is 5.73 Å². The lowest BCUT2D eigenvalue weighted by molar-refractivity contribution is 0.873. The minimum Gasteiger partial charge on any atom is -0.398 e. The molecule has 0 bridgehead atoms. The van der Waals surface area contributed by atoms with Gasteiger partial charge in [0.05, 0.1) is 0 Å². The van der Waals surface area contributed by atoms with Crippen LogP contribution in [-0.4, -0.2) is 5.71 Å². The second kappa shape index (κ2) is 5.50. The molecule has 2 heteroatoms. The van der Waals surface area contributed by atoms with Gasteiger partial charge in [-0.2, -0.15) is 0 Å². The Hall–Kier alpha value is -2.09. The lowest BCUT2D eigenvalue weighted by Gasteiger charge is -2.16. The van der Waals surface area contributed by atoms with Gasteiger partial charge in [-0.05, 0) is 25.5 Å². The van der Waals surface area contributed by atoms with Gasteiger partial charge in [-0.3, -0.25) is 4.99 Å². The van der Waals surface area contributed by atoms with Crippen LogP contribution in [0.15, 0.2) is 59.6 Å². The van der Waals surface area contributed by atoms with Gasteiger partial charge in [0.2, 0.25) is 0 Å². The lowest BCUT2D eigenvalue weighted by Crippen LogP contribution is -2.04. The van der Waals surface area contributed by atoms with Crippen molar-refractivity contribution in [3.8, 4) is 0 Å². The van der Waals surface area contributed by atoms with Crippen molar-refractivity contribution in [2.24, 2.45) is 4.99 Å². The predicted octanol–water partition coefficient (Wildman–Crippen LogP) is 3.84. The molecule has 2 aromatic carbocycles. The molecule has 2 nitrogen and oxygen atoms in total. The van der Waals surface area contributed by atoms with Crippen LogP contribution in [0.2, 0.25) is 0 Å². The van der Waals surface area contributed by atoms with E-state index in [1.54, 1.807) is 0 Å². The van der Waals surface area contributed by atoms with Crippen molar-refractivity contribution in [2.45, 2.75) is 19.9 Å².